The summed E-state index contributed by atoms with van der Waals surface area (Å²) in [6, 6.07) is 8.32. The van der Waals surface area contributed by atoms with E-state index >= 15 is 0 Å². The lowest BCUT2D eigenvalue weighted by atomic mass is 9.81. The Morgan fingerprint density at radius 1 is 1.18 bits per heavy atom. The molecule has 2 atom stereocenters. The van der Waals surface area contributed by atoms with E-state index in [1.807, 2.05) is 35.0 Å². The predicted octanol–water partition coefficient (Wildman–Crippen LogP) is 4.98. The highest BCUT2D eigenvalue weighted by Crippen LogP contribution is 2.40. The Hall–Kier alpha value is -2.24. The quantitative estimate of drug-likeness (QED) is 0.627. The van der Waals surface area contributed by atoms with Crippen molar-refractivity contribution in [3.63, 3.8) is 0 Å². The van der Waals surface area contributed by atoms with Gasteiger partial charge in [0, 0.05) is 43.6 Å². The van der Waals surface area contributed by atoms with Gasteiger partial charge in [0.2, 0.25) is 12.3 Å². The van der Waals surface area contributed by atoms with Crippen molar-refractivity contribution >= 4 is 5.91 Å². The van der Waals surface area contributed by atoms with Crippen LogP contribution in [0.5, 0.6) is 0 Å². The van der Waals surface area contributed by atoms with E-state index in [1.165, 1.54) is 11.1 Å². The summed E-state index contributed by atoms with van der Waals surface area (Å²) in [5.74, 6) is 0.203. The topological polar surface area (TPSA) is 38.1 Å². The molecule has 0 spiro atoms. The molecular formula is C22H29F2N3O. The van der Waals surface area contributed by atoms with Crippen LogP contribution >= 0.6 is 0 Å². The summed E-state index contributed by atoms with van der Waals surface area (Å²) in [5, 5.41) is 4.39. The number of halogens is 2. The Labute approximate surface area is 165 Å². The molecule has 0 unspecified atom stereocenters. The molecule has 2 heterocycles. The van der Waals surface area contributed by atoms with Gasteiger partial charge < -0.3 is 4.90 Å². The lowest BCUT2D eigenvalue weighted by molar-refractivity contribution is -0.134. The number of hydrogen-bond acceptors (Lipinski definition) is 2. The standard InChI is InChI=1S/C22H29F2N3O/c1-15-19(13-25-26(15)3)20-14-27(16(2)17-9-7-8-10-18(17)20)22(28)12-6-4-5-11-21(23)24/h7-10,13,16,20-21H,4-6,11-12,14H2,1-3H3/t16-,20-/m0/s1. The average molecular weight is 389 g/mol. The van der Waals surface area contributed by atoms with Crippen molar-refractivity contribution in [1.82, 2.24) is 14.7 Å². The third kappa shape index (κ3) is 4.26. The van der Waals surface area contributed by atoms with E-state index in [4.69, 9.17) is 0 Å². The minimum Gasteiger partial charge on any atom is -0.335 e. The summed E-state index contributed by atoms with van der Waals surface area (Å²) in [4.78, 5) is 14.9. The Balaban J connectivity index is 1.76. The van der Waals surface area contributed by atoms with Crippen molar-refractivity contribution in [2.24, 2.45) is 7.05 Å². The highest BCUT2D eigenvalue weighted by Gasteiger charge is 2.34. The van der Waals surface area contributed by atoms with Crippen molar-refractivity contribution in [1.29, 1.82) is 0 Å². The van der Waals surface area contributed by atoms with E-state index in [-0.39, 0.29) is 24.3 Å². The Kier molecular flexibility index (Phi) is 6.47. The molecule has 28 heavy (non-hydrogen) atoms. The van der Waals surface area contributed by atoms with E-state index in [9.17, 15) is 13.6 Å². The minimum absolute atomic E-state index is 0.0120. The van der Waals surface area contributed by atoms with Crippen LogP contribution in [0.3, 0.4) is 0 Å². The van der Waals surface area contributed by atoms with Crippen LogP contribution < -0.4 is 0 Å². The maximum Gasteiger partial charge on any atom is 0.238 e. The van der Waals surface area contributed by atoms with Crippen LogP contribution in [0.4, 0.5) is 8.78 Å². The normalized spacial score (nSPS) is 19.1. The summed E-state index contributed by atoms with van der Waals surface area (Å²) >= 11 is 0. The molecule has 1 aliphatic rings. The Morgan fingerprint density at radius 2 is 1.89 bits per heavy atom. The van der Waals surface area contributed by atoms with Crippen LogP contribution in [-0.4, -0.2) is 33.6 Å². The molecule has 3 rings (SSSR count). The zero-order chi connectivity index (χ0) is 20.3. The second-order valence-electron chi connectivity index (χ2n) is 7.70. The van der Waals surface area contributed by atoms with Gasteiger partial charge in [0.1, 0.15) is 0 Å². The van der Waals surface area contributed by atoms with Gasteiger partial charge in [-0.2, -0.15) is 5.10 Å². The van der Waals surface area contributed by atoms with Gasteiger partial charge in [0.15, 0.2) is 0 Å². The summed E-state index contributed by atoms with van der Waals surface area (Å²) in [7, 11) is 1.93. The average Bonchev–Trinajstić information content (AvgIpc) is 3.00. The number of rotatable bonds is 7. The highest BCUT2D eigenvalue weighted by atomic mass is 19.3. The molecule has 1 aromatic heterocycles. The van der Waals surface area contributed by atoms with Gasteiger partial charge in [0.05, 0.1) is 12.2 Å². The maximum absolute atomic E-state index is 12.9. The molecule has 4 nitrogen and oxygen atoms in total. The number of alkyl halides is 2. The molecule has 0 saturated carbocycles. The molecule has 0 fully saturated rings. The first kappa shape index (κ1) is 20.5. The molecule has 0 N–H and O–H groups in total. The van der Waals surface area contributed by atoms with Crippen LogP contribution in [0.15, 0.2) is 30.5 Å². The Bertz CT molecular complexity index is 818. The number of fused-ring (bicyclic) bond motifs is 1. The monoisotopic (exact) mass is 389 g/mol. The molecule has 0 bridgehead atoms. The fourth-order valence-electron chi connectivity index (χ4n) is 4.17. The fraction of sp³-hybridized carbons (Fsp3) is 0.545. The summed E-state index contributed by atoms with van der Waals surface area (Å²) in [5.41, 5.74) is 4.69. The number of aromatic nitrogens is 2. The molecule has 152 valence electrons. The van der Waals surface area contributed by atoms with E-state index in [2.05, 4.69) is 31.1 Å². The minimum atomic E-state index is -2.25. The van der Waals surface area contributed by atoms with Crippen molar-refractivity contribution in [3.8, 4) is 0 Å². The lowest BCUT2D eigenvalue weighted by Gasteiger charge is -2.40. The van der Waals surface area contributed by atoms with Crippen molar-refractivity contribution < 1.29 is 13.6 Å². The first-order valence-corrected chi connectivity index (χ1v) is 10.0. The third-order valence-electron chi connectivity index (χ3n) is 5.95. The second-order valence-corrected chi connectivity index (χ2v) is 7.70. The number of unbranched alkanes of at least 4 members (excludes halogenated alkanes) is 2. The molecule has 0 radical (unpaired) electrons. The smallest absolute Gasteiger partial charge is 0.238 e. The first-order valence-electron chi connectivity index (χ1n) is 10.0. The van der Waals surface area contributed by atoms with E-state index in [0.29, 0.717) is 32.2 Å². The molecule has 2 aromatic rings. The molecule has 1 aliphatic heterocycles. The first-order chi connectivity index (χ1) is 13.4. The van der Waals surface area contributed by atoms with E-state index < -0.39 is 6.43 Å². The van der Waals surface area contributed by atoms with Gasteiger partial charge in [-0.3, -0.25) is 9.48 Å². The molecular weight excluding hydrogens is 360 g/mol. The Morgan fingerprint density at radius 3 is 2.54 bits per heavy atom. The lowest BCUT2D eigenvalue weighted by Crippen LogP contribution is -2.41. The SMILES string of the molecule is Cc1c([C@H]2CN(C(=O)CCCCCC(F)F)[C@@H](C)c3ccccc32)cnn1C. The van der Waals surface area contributed by atoms with Gasteiger partial charge in [-0.05, 0) is 37.8 Å². The third-order valence-corrected chi connectivity index (χ3v) is 5.95. The van der Waals surface area contributed by atoms with Crippen LogP contribution in [0, 0.1) is 6.92 Å². The zero-order valence-electron chi connectivity index (χ0n) is 16.9. The number of amides is 1. The maximum atomic E-state index is 12.9. The van der Waals surface area contributed by atoms with Crippen LogP contribution in [0.1, 0.15) is 73.4 Å². The van der Waals surface area contributed by atoms with Crippen molar-refractivity contribution in [2.75, 3.05) is 6.54 Å². The number of aryl methyl sites for hydroxylation is 1. The van der Waals surface area contributed by atoms with Gasteiger partial charge in [-0.15, -0.1) is 0 Å². The molecule has 0 aliphatic carbocycles. The number of carbonyl (C=O) groups excluding carboxylic acids is 1. The molecule has 1 amide bonds. The van der Waals surface area contributed by atoms with Gasteiger partial charge in [-0.1, -0.05) is 30.7 Å². The number of benzene rings is 1. The molecule has 1 aromatic carbocycles. The second kappa shape index (κ2) is 8.84. The van der Waals surface area contributed by atoms with Crippen LogP contribution in [0.25, 0.3) is 0 Å². The van der Waals surface area contributed by atoms with Gasteiger partial charge in [-0.25, -0.2) is 8.78 Å². The van der Waals surface area contributed by atoms with E-state index in [0.717, 1.165) is 11.3 Å². The zero-order valence-corrected chi connectivity index (χ0v) is 16.9. The number of nitrogens with zero attached hydrogens (tertiary/aromatic N) is 3. The van der Waals surface area contributed by atoms with E-state index in [1.54, 1.807) is 0 Å². The van der Waals surface area contributed by atoms with Crippen LogP contribution in [0.2, 0.25) is 0 Å². The summed E-state index contributed by atoms with van der Waals surface area (Å²) in [6.45, 7) is 4.75. The number of hydrogen-bond donors (Lipinski definition) is 0. The predicted molar refractivity (Wildman–Crippen MR) is 105 cm³/mol. The van der Waals surface area contributed by atoms with Gasteiger partial charge in [0.25, 0.3) is 0 Å². The largest absolute Gasteiger partial charge is 0.335 e. The molecule has 6 heteroatoms. The van der Waals surface area contributed by atoms with Crippen LogP contribution in [-0.2, 0) is 11.8 Å². The fourth-order valence-corrected chi connectivity index (χ4v) is 4.17. The summed E-state index contributed by atoms with van der Waals surface area (Å²) < 4.78 is 26.4. The summed E-state index contributed by atoms with van der Waals surface area (Å²) in [6.07, 6.45) is 1.78. The molecule has 0 saturated heterocycles. The van der Waals surface area contributed by atoms with Gasteiger partial charge >= 0.3 is 0 Å². The number of carbonyl (C=O) groups is 1. The van der Waals surface area contributed by atoms with Crippen molar-refractivity contribution in [3.05, 3.63) is 52.8 Å². The van der Waals surface area contributed by atoms with Crippen molar-refractivity contribution in [2.45, 2.75) is 64.3 Å². The highest BCUT2D eigenvalue weighted by molar-refractivity contribution is 5.77.